The molecule has 1 aliphatic carbocycles. The molecule has 3 rings (SSSR count). The lowest BCUT2D eigenvalue weighted by Gasteiger charge is -2.52. The van der Waals surface area contributed by atoms with Crippen LogP contribution in [0.25, 0.3) is 0 Å². The van der Waals surface area contributed by atoms with E-state index in [1.165, 1.54) is 12.1 Å². The Hall–Kier alpha value is -1.62. The fourth-order valence-electron chi connectivity index (χ4n) is 4.17. The summed E-state index contributed by atoms with van der Waals surface area (Å²) in [5.74, 6) is -0.328. The fraction of sp³-hybridized carbons (Fsp3) is 0.611. The highest BCUT2D eigenvalue weighted by Crippen LogP contribution is 2.49. The molecule has 0 spiro atoms. The van der Waals surface area contributed by atoms with Gasteiger partial charge < -0.3 is 14.7 Å². The van der Waals surface area contributed by atoms with Gasteiger partial charge in [-0.15, -0.1) is 0 Å². The van der Waals surface area contributed by atoms with E-state index in [0.29, 0.717) is 19.6 Å². The molecule has 0 aromatic heterocycles. The van der Waals surface area contributed by atoms with Gasteiger partial charge in [0.05, 0.1) is 18.2 Å². The molecule has 1 saturated carbocycles. The number of fused-ring (bicyclic) bond motifs is 1. The van der Waals surface area contributed by atoms with E-state index in [9.17, 15) is 14.3 Å². The molecular weight excluding hydrogens is 297 g/mol. The normalized spacial score (nSPS) is 30.7. The summed E-state index contributed by atoms with van der Waals surface area (Å²) in [6.07, 6.45) is 3.92. The average molecular weight is 321 g/mol. The van der Waals surface area contributed by atoms with E-state index >= 15 is 0 Å². The summed E-state index contributed by atoms with van der Waals surface area (Å²) < 4.78 is 18.5. The van der Waals surface area contributed by atoms with Crippen LogP contribution in [0.5, 0.6) is 0 Å². The SMILES string of the molecule is CCOC(=O)N1CC[C@]2(O)CCCC[C@@H]2[C@H]1c1ccc(F)cc1. The standard InChI is InChI=1S/C18H24FNO3/c1-2-23-17(21)20-12-11-18(22)10-4-3-5-15(18)16(20)13-6-8-14(19)9-7-13/h6-9,15-16,22H,2-5,10-12H2,1H3/t15-,16-,18-/m1/s1. The van der Waals surface area contributed by atoms with Crippen LogP contribution in [0.4, 0.5) is 9.18 Å². The largest absolute Gasteiger partial charge is 0.450 e. The second-order valence-electron chi connectivity index (χ2n) is 6.59. The predicted octanol–water partition coefficient (Wildman–Crippen LogP) is 3.65. The van der Waals surface area contributed by atoms with Gasteiger partial charge in [0.1, 0.15) is 5.82 Å². The van der Waals surface area contributed by atoms with Crippen LogP contribution in [-0.2, 0) is 4.74 Å². The zero-order valence-electron chi connectivity index (χ0n) is 13.5. The quantitative estimate of drug-likeness (QED) is 0.904. The zero-order chi connectivity index (χ0) is 16.4. The number of benzene rings is 1. The number of likely N-dealkylation sites (tertiary alicyclic amines) is 1. The second-order valence-corrected chi connectivity index (χ2v) is 6.59. The van der Waals surface area contributed by atoms with E-state index in [2.05, 4.69) is 0 Å². The van der Waals surface area contributed by atoms with Crippen molar-refractivity contribution in [1.82, 2.24) is 4.90 Å². The fourth-order valence-corrected chi connectivity index (χ4v) is 4.17. The van der Waals surface area contributed by atoms with Crippen LogP contribution in [0.15, 0.2) is 24.3 Å². The molecule has 0 bridgehead atoms. The lowest BCUT2D eigenvalue weighted by atomic mass is 9.66. The second kappa shape index (κ2) is 6.48. The molecule has 1 amide bonds. The van der Waals surface area contributed by atoms with Crippen molar-refractivity contribution in [3.63, 3.8) is 0 Å². The number of hydrogen-bond donors (Lipinski definition) is 1. The maximum absolute atomic E-state index is 13.3. The van der Waals surface area contributed by atoms with Gasteiger partial charge in [-0.25, -0.2) is 9.18 Å². The molecule has 4 nitrogen and oxygen atoms in total. The summed E-state index contributed by atoms with van der Waals surface area (Å²) >= 11 is 0. The van der Waals surface area contributed by atoms with Gasteiger partial charge in [0.25, 0.3) is 0 Å². The van der Waals surface area contributed by atoms with E-state index in [-0.39, 0.29) is 23.9 Å². The van der Waals surface area contributed by atoms with E-state index in [1.807, 2.05) is 0 Å². The topological polar surface area (TPSA) is 49.8 Å². The van der Waals surface area contributed by atoms with Crippen molar-refractivity contribution < 1.29 is 19.0 Å². The third-order valence-corrected chi connectivity index (χ3v) is 5.28. The van der Waals surface area contributed by atoms with Crippen molar-refractivity contribution in [2.75, 3.05) is 13.2 Å². The Morgan fingerprint density at radius 2 is 2.09 bits per heavy atom. The summed E-state index contributed by atoms with van der Waals surface area (Å²) in [5, 5.41) is 11.1. The summed E-state index contributed by atoms with van der Waals surface area (Å²) in [6, 6.07) is 6.00. The first-order chi connectivity index (χ1) is 11.0. The molecule has 2 fully saturated rings. The summed E-state index contributed by atoms with van der Waals surface area (Å²) in [4.78, 5) is 14.1. The van der Waals surface area contributed by atoms with Gasteiger partial charge in [-0.1, -0.05) is 25.0 Å². The molecule has 126 valence electrons. The van der Waals surface area contributed by atoms with Crippen molar-refractivity contribution in [3.05, 3.63) is 35.6 Å². The molecule has 23 heavy (non-hydrogen) atoms. The number of amides is 1. The molecule has 2 aliphatic rings. The number of carbonyl (C=O) groups excluding carboxylic acids is 1. The number of aliphatic hydroxyl groups is 1. The number of carbonyl (C=O) groups is 1. The summed E-state index contributed by atoms with van der Waals surface area (Å²) in [6.45, 7) is 2.57. The molecule has 0 unspecified atom stereocenters. The van der Waals surface area contributed by atoms with Crippen LogP contribution < -0.4 is 0 Å². The van der Waals surface area contributed by atoms with Crippen molar-refractivity contribution in [2.45, 2.75) is 50.7 Å². The highest BCUT2D eigenvalue weighted by atomic mass is 19.1. The molecule has 0 radical (unpaired) electrons. The van der Waals surface area contributed by atoms with Crippen LogP contribution >= 0.6 is 0 Å². The lowest BCUT2D eigenvalue weighted by molar-refractivity contribution is -0.118. The third kappa shape index (κ3) is 3.07. The highest BCUT2D eigenvalue weighted by Gasteiger charge is 2.50. The first-order valence-corrected chi connectivity index (χ1v) is 8.46. The zero-order valence-corrected chi connectivity index (χ0v) is 13.5. The number of rotatable bonds is 2. The Morgan fingerprint density at radius 3 is 2.78 bits per heavy atom. The van der Waals surface area contributed by atoms with E-state index in [4.69, 9.17) is 4.74 Å². The maximum atomic E-state index is 13.3. The average Bonchev–Trinajstić information content (AvgIpc) is 2.54. The summed E-state index contributed by atoms with van der Waals surface area (Å²) in [7, 11) is 0. The van der Waals surface area contributed by atoms with Crippen LogP contribution in [0.3, 0.4) is 0 Å². The van der Waals surface area contributed by atoms with Gasteiger partial charge in [0, 0.05) is 12.5 Å². The molecule has 3 atom stereocenters. The van der Waals surface area contributed by atoms with Gasteiger partial charge >= 0.3 is 6.09 Å². The van der Waals surface area contributed by atoms with Crippen molar-refractivity contribution in [1.29, 1.82) is 0 Å². The monoisotopic (exact) mass is 321 g/mol. The predicted molar refractivity (Wildman–Crippen MR) is 84.4 cm³/mol. The molecule has 5 heteroatoms. The van der Waals surface area contributed by atoms with Crippen LogP contribution in [0, 0.1) is 11.7 Å². The summed E-state index contributed by atoms with van der Waals surface area (Å²) in [5.41, 5.74) is 0.129. The van der Waals surface area contributed by atoms with Crippen LogP contribution in [0.1, 0.15) is 50.6 Å². The van der Waals surface area contributed by atoms with E-state index in [0.717, 1.165) is 31.2 Å². The van der Waals surface area contributed by atoms with Crippen molar-refractivity contribution in [2.24, 2.45) is 5.92 Å². The molecule has 1 heterocycles. The molecule has 1 aromatic rings. The number of hydrogen-bond acceptors (Lipinski definition) is 3. The number of piperidine rings is 1. The van der Waals surface area contributed by atoms with Gasteiger partial charge in [-0.2, -0.15) is 0 Å². The smallest absolute Gasteiger partial charge is 0.410 e. The molecule has 1 aliphatic heterocycles. The van der Waals surface area contributed by atoms with Crippen molar-refractivity contribution >= 4 is 6.09 Å². The van der Waals surface area contributed by atoms with Gasteiger partial charge in [-0.05, 0) is 43.9 Å². The Bertz CT molecular complexity index is 562. The van der Waals surface area contributed by atoms with Crippen molar-refractivity contribution in [3.8, 4) is 0 Å². The van der Waals surface area contributed by atoms with Gasteiger partial charge in [0.15, 0.2) is 0 Å². The molecule has 1 N–H and O–H groups in total. The van der Waals surface area contributed by atoms with Crippen LogP contribution in [-0.4, -0.2) is 34.9 Å². The number of nitrogens with zero attached hydrogens (tertiary/aromatic N) is 1. The number of ether oxygens (including phenoxy) is 1. The Morgan fingerprint density at radius 1 is 1.35 bits per heavy atom. The maximum Gasteiger partial charge on any atom is 0.410 e. The Kier molecular flexibility index (Phi) is 4.57. The van der Waals surface area contributed by atoms with Gasteiger partial charge in [-0.3, -0.25) is 0 Å². The third-order valence-electron chi connectivity index (χ3n) is 5.28. The Labute approximate surface area is 136 Å². The minimum absolute atomic E-state index is 0.0279. The Balaban J connectivity index is 1.97. The molecular formula is C18H24FNO3. The first kappa shape index (κ1) is 16.2. The lowest BCUT2D eigenvalue weighted by Crippen LogP contribution is -2.56. The minimum atomic E-state index is -0.736. The highest BCUT2D eigenvalue weighted by molar-refractivity contribution is 5.68. The first-order valence-electron chi connectivity index (χ1n) is 8.46. The van der Waals surface area contributed by atoms with Gasteiger partial charge in [0.2, 0.25) is 0 Å². The van der Waals surface area contributed by atoms with E-state index in [1.54, 1.807) is 24.0 Å². The number of halogens is 1. The van der Waals surface area contributed by atoms with E-state index < -0.39 is 5.60 Å². The van der Waals surface area contributed by atoms with Crippen LogP contribution in [0.2, 0.25) is 0 Å². The minimum Gasteiger partial charge on any atom is -0.450 e. The molecule has 1 aromatic carbocycles. The molecule has 1 saturated heterocycles.